The van der Waals surface area contributed by atoms with E-state index in [2.05, 4.69) is 9.97 Å². The molecule has 0 aliphatic rings. The third-order valence-electron chi connectivity index (χ3n) is 6.60. The monoisotopic (exact) mass is 682 g/mol. The maximum absolute atomic E-state index is 13.8. The number of phenols is 2. The van der Waals surface area contributed by atoms with Gasteiger partial charge in [0.2, 0.25) is 10.0 Å². The number of amidine groups is 1. The highest BCUT2D eigenvalue weighted by molar-refractivity contribution is 7.89. The molecule has 1 heterocycles. The van der Waals surface area contributed by atoms with Crippen molar-refractivity contribution in [3.63, 3.8) is 0 Å². The summed E-state index contributed by atoms with van der Waals surface area (Å²) >= 11 is 0. The van der Waals surface area contributed by atoms with E-state index in [9.17, 15) is 52.1 Å². The van der Waals surface area contributed by atoms with Crippen LogP contribution in [0.1, 0.15) is 15.9 Å². The third kappa shape index (κ3) is 8.13. The number of benzene rings is 3. The Morgan fingerprint density at radius 3 is 2.04 bits per heavy atom. The number of carbonyl (C=O) groups is 1. The Balaban J connectivity index is 1.96. The van der Waals surface area contributed by atoms with Crippen molar-refractivity contribution in [3.05, 3.63) is 59.7 Å². The number of H-pyrrole nitrogens is 1. The van der Waals surface area contributed by atoms with Crippen LogP contribution in [0, 0.1) is 5.41 Å². The van der Waals surface area contributed by atoms with Crippen molar-refractivity contribution in [1.29, 1.82) is 5.41 Å². The highest BCUT2D eigenvalue weighted by Crippen LogP contribution is 2.43. The van der Waals surface area contributed by atoms with Crippen LogP contribution in [-0.2, 0) is 19.2 Å². The zero-order chi connectivity index (χ0) is 33.5. The average Bonchev–Trinajstić information content (AvgIpc) is 3.35. The van der Waals surface area contributed by atoms with Crippen molar-refractivity contribution in [2.24, 2.45) is 10.9 Å². The van der Waals surface area contributed by atoms with Gasteiger partial charge in [0.1, 0.15) is 23.2 Å². The molecule has 0 unspecified atom stereocenters. The Hall–Kier alpha value is -4.12. The van der Waals surface area contributed by atoms with E-state index in [1.165, 1.54) is 18.2 Å². The molecule has 17 nitrogen and oxygen atoms in total. The van der Waals surface area contributed by atoms with Gasteiger partial charge >= 0.3 is 15.2 Å². The molecule has 0 bridgehead atoms. The number of nitrogens with two attached hydrogens (primary N) is 2. The predicted molar refractivity (Wildman–Crippen MR) is 162 cm³/mol. The molecule has 0 saturated carbocycles. The summed E-state index contributed by atoms with van der Waals surface area (Å²) in [6.45, 7) is -1.22. The molecule has 1 aromatic heterocycles. The number of fused-ring (bicyclic) bond motifs is 1. The topological polar surface area (TPSA) is 315 Å². The first kappa shape index (κ1) is 33.8. The van der Waals surface area contributed by atoms with E-state index in [0.29, 0.717) is 16.6 Å². The van der Waals surface area contributed by atoms with Gasteiger partial charge in [-0.1, -0.05) is 0 Å². The number of nitrogens with zero attached hydrogens (tertiary/aromatic N) is 2. The summed E-state index contributed by atoms with van der Waals surface area (Å²) in [6, 6.07) is 9.74. The van der Waals surface area contributed by atoms with E-state index in [1.807, 2.05) is 0 Å². The summed E-state index contributed by atoms with van der Waals surface area (Å²) in [7, 11) is -13.6. The van der Waals surface area contributed by atoms with Crippen LogP contribution in [-0.4, -0.2) is 90.2 Å². The lowest BCUT2D eigenvalue weighted by molar-refractivity contribution is 0.0772. The van der Waals surface area contributed by atoms with Gasteiger partial charge in [0.15, 0.2) is 0 Å². The molecule has 1 amide bonds. The fourth-order valence-electron chi connectivity index (χ4n) is 4.36. The quantitative estimate of drug-likeness (QED) is 0.0601. The van der Waals surface area contributed by atoms with Gasteiger partial charge in [-0.25, -0.2) is 18.5 Å². The zero-order valence-electron chi connectivity index (χ0n) is 23.0. The second kappa shape index (κ2) is 12.3. The minimum Gasteiger partial charge on any atom is -0.507 e. The van der Waals surface area contributed by atoms with Crippen molar-refractivity contribution >= 4 is 48.0 Å². The van der Waals surface area contributed by atoms with Crippen molar-refractivity contribution < 1.29 is 52.1 Å². The molecule has 4 rings (SSSR count). The fraction of sp³-hybridized carbons (Fsp3) is 0.160. The first-order chi connectivity index (χ1) is 20.7. The van der Waals surface area contributed by atoms with E-state index in [-0.39, 0.29) is 33.9 Å². The summed E-state index contributed by atoms with van der Waals surface area (Å²) in [5.41, 5.74) is 5.64. The minimum absolute atomic E-state index is 0.0295. The maximum atomic E-state index is 13.8. The molecule has 12 N–H and O–H groups in total. The van der Waals surface area contributed by atoms with Crippen LogP contribution in [0.15, 0.2) is 53.4 Å². The Morgan fingerprint density at radius 1 is 0.889 bits per heavy atom. The van der Waals surface area contributed by atoms with Crippen molar-refractivity contribution in [2.75, 3.05) is 25.4 Å². The normalized spacial score (nSPS) is 12.4. The lowest BCUT2D eigenvalue weighted by Gasteiger charge is -2.24. The van der Waals surface area contributed by atoms with Gasteiger partial charge in [0.25, 0.3) is 5.91 Å². The van der Waals surface area contributed by atoms with Gasteiger partial charge < -0.3 is 45.4 Å². The number of aromatic amines is 1. The number of rotatable bonds is 11. The van der Waals surface area contributed by atoms with Crippen LogP contribution >= 0.6 is 15.2 Å². The number of phenolic OH excluding ortho intramolecular Hbond substituents is 2. The maximum Gasteiger partial charge on any atom is 0.327 e. The Kier molecular flexibility index (Phi) is 9.26. The summed E-state index contributed by atoms with van der Waals surface area (Å²) in [6.07, 6.45) is -1.67. The summed E-state index contributed by atoms with van der Waals surface area (Å²) < 4.78 is 47.2. The van der Waals surface area contributed by atoms with Crippen LogP contribution in [0.4, 0.5) is 0 Å². The molecule has 0 saturated heterocycles. The van der Waals surface area contributed by atoms with Crippen molar-refractivity contribution in [1.82, 2.24) is 14.9 Å². The van der Waals surface area contributed by atoms with Crippen molar-refractivity contribution in [3.8, 4) is 34.0 Å². The molecule has 3 aromatic carbocycles. The SMILES string of the molecule is N=C(N)c1ccc2nc(-c3cc(C(=O)N(CCP(=O)(O)O)CCP(=O)(O)O)cc(-c4cc(S(N)(=O)=O)ccc4O)c3O)[nH]c2c1. The number of carbonyl (C=O) groups excluding carboxylic acids is 1. The highest BCUT2D eigenvalue weighted by atomic mass is 32.2. The number of imidazole rings is 1. The van der Waals surface area contributed by atoms with Gasteiger partial charge in [-0.2, -0.15) is 0 Å². The third-order valence-corrected chi connectivity index (χ3v) is 9.08. The highest BCUT2D eigenvalue weighted by Gasteiger charge is 2.27. The summed E-state index contributed by atoms with van der Waals surface area (Å²) in [4.78, 5) is 59.0. The van der Waals surface area contributed by atoms with Gasteiger partial charge in [0.05, 0.1) is 33.8 Å². The number of nitrogens with one attached hydrogen (secondary N) is 2. The van der Waals surface area contributed by atoms with E-state index in [1.54, 1.807) is 0 Å². The van der Waals surface area contributed by atoms with E-state index in [4.69, 9.17) is 16.3 Å². The molecule has 0 radical (unpaired) electrons. The number of primary sulfonamides is 1. The van der Waals surface area contributed by atoms with E-state index in [0.717, 1.165) is 35.2 Å². The average molecular weight is 683 g/mol. The van der Waals surface area contributed by atoms with Gasteiger partial charge in [0, 0.05) is 35.3 Å². The molecular weight excluding hydrogens is 654 g/mol. The number of aromatic nitrogens is 2. The fourth-order valence-corrected chi connectivity index (χ4v) is 5.90. The molecule has 20 heteroatoms. The molecule has 45 heavy (non-hydrogen) atoms. The molecule has 0 spiro atoms. The number of hydrogen-bond acceptors (Lipinski definition) is 9. The lowest BCUT2D eigenvalue weighted by atomic mass is 9.96. The van der Waals surface area contributed by atoms with Crippen LogP contribution < -0.4 is 10.9 Å². The van der Waals surface area contributed by atoms with Crippen LogP contribution in [0.3, 0.4) is 0 Å². The molecule has 0 aliphatic heterocycles. The number of sulfonamides is 1. The largest absolute Gasteiger partial charge is 0.507 e. The standard InChI is InChI=1S/C25H28N6O11P2S/c26-23(27)13-1-3-19-20(11-13)30-24(29-19)18-10-14(25(34)31(5-7-43(35,36)37)6-8-44(38,39)40)9-17(22(18)33)16-12-15(45(28,41)42)2-4-21(16)32/h1-4,9-12,32-33H,5-8H2,(H3,26,27)(H,29,30)(H2,28,41,42)(H2,35,36,37)(H2,38,39,40). The van der Waals surface area contributed by atoms with Crippen molar-refractivity contribution in [2.45, 2.75) is 4.90 Å². The zero-order valence-corrected chi connectivity index (χ0v) is 25.6. The molecule has 240 valence electrons. The summed E-state index contributed by atoms with van der Waals surface area (Å²) in [5, 5.41) is 35.0. The second-order valence-electron chi connectivity index (χ2n) is 9.94. The summed E-state index contributed by atoms with van der Waals surface area (Å²) in [5.74, 6) is -2.35. The molecule has 0 fully saturated rings. The molecule has 4 aromatic rings. The van der Waals surface area contributed by atoms with Crippen LogP contribution in [0.5, 0.6) is 11.5 Å². The minimum atomic E-state index is -4.66. The lowest BCUT2D eigenvalue weighted by Crippen LogP contribution is -2.36. The molecule has 0 aliphatic carbocycles. The van der Waals surface area contributed by atoms with Gasteiger partial charge in [-0.3, -0.25) is 19.3 Å². The number of nitrogen functional groups attached to an aromatic ring is 1. The Labute approximate surface area is 255 Å². The number of hydrogen-bond donors (Lipinski definition) is 10. The number of aromatic hydroxyl groups is 2. The smallest absolute Gasteiger partial charge is 0.327 e. The van der Waals surface area contributed by atoms with E-state index >= 15 is 0 Å². The molecule has 0 atom stereocenters. The van der Waals surface area contributed by atoms with Crippen LogP contribution in [0.2, 0.25) is 0 Å². The predicted octanol–water partition coefficient (Wildman–Crippen LogP) is 1.04. The van der Waals surface area contributed by atoms with Gasteiger partial charge in [-0.15, -0.1) is 0 Å². The van der Waals surface area contributed by atoms with Gasteiger partial charge in [-0.05, 0) is 48.5 Å². The Morgan fingerprint density at radius 2 is 1.49 bits per heavy atom. The number of amides is 1. The first-order valence-electron chi connectivity index (χ1n) is 12.7. The van der Waals surface area contributed by atoms with Crippen LogP contribution in [0.25, 0.3) is 33.5 Å². The molecular formula is C25H28N6O11P2S. The second-order valence-corrected chi connectivity index (χ2v) is 15.1. The first-order valence-corrected chi connectivity index (χ1v) is 17.8. The Bertz CT molecular complexity index is 2010. The van der Waals surface area contributed by atoms with E-state index < -0.39 is 72.9 Å².